The van der Waals surface area contributed by atoms with Gasteiger partial charge >= 0.3 is 5.97 Å². The van der Waals surface area contributed by atoms with Crippen molar-refractivity contribution in [3.05, 3.63) is 74.9 Å². The maximum Gasteiger partial charge on any atom is 0.335 e. The van der Waals surface area contributed by atoms with Crippen LogP contribution in [0.2, 0.25) is 5.15 Å². The number of carbonyl (C=O) groups is 1. The fourth-order valence-corrected chi connectivity index (χ4v) is 2.80. The quantitative estimate of drug-likeness (QED) is 0.383. The number of hydrogen-bond donors (Lipinski definition) is 2. The molecule has 2 N–H and O–H groups in total. The second kappa shape index (κ2) is 7.37. The van der Waals surface area contributed by atoms with Crippen LogP contribution in [0.1, 0.15) is 15.9 Å². The number of benzene rings is 2. The van der Waals surface area contributed by atoms with Crippen molar-refractivity contribution in [2.75, 3.05) is 11.9 Å². The first-order valence-corrected chi connectivity index (χ1v) is 8.12. The molecule has 0 bridgehead atoms. The van der Waals surface area contributed by atoms with Gasteiger partial charge < -0.3 is 10.4 Å². The Morgan fingerprint density at radius 2 is 1.92 bits per heavy atom. The minimum Gasteiger partial charge on any atom is -0.478 e. The predicted molar refractivity (Wildman–Crippen MR) is 99.0 cm³/mol. The number of aromatic carboxylic acids is 1. The molecular formula is C18H14ClN3O4. The monoisotopic (exact) mass is 371 g/mol. The summed E-state index contributed by atoms with van der Waals surface area (Å²) in [7, 11) is 0. The van der Waals surface area contributed by atoms with Crippen LogP contribution in [0.3, 0.4) is 0 Å². The number of nitrogens with zero attached hydrogens (tertiary/aromatic N) is 2. The molecule has 8 heteroatoms. The number of hydrogen-bond acceptors (Lipinski definition) is 5. The number of carboxylic acid groups (broad SMARTS) is 1. The second-order valence-electron chi connectivity index (χ2n) is 5.63. The van der Waals surface area contributed by atoms with Crippen molar-refractivity contribution in [1.29, 1.82) is 0 Å². The fraction of sp³-hybridized carbons (Fsp3) is 0.111. The zero-order chi connectivity index (χ0) is 18.7. The van der Waals surface area contributed by atoms with E-state index >= 15 is 0 Å². The van der Waals surface area contributed by atoms with E-state index in [1.54, 1.807) is 30.3 Å². The lowest BCUT2D eigenvalue weighted by Gasteiger charge is -2.11. The predicted octanol–water partition coefficient (Wildman–Crippen LogP) is 4.15. The molecule has 0 radical (unpaired) electrons. The first-order chi connectivity index (χ1) is 12.4. The van der Waals surface area contributed by atoms with Crippen molar-refractivity contribution >= 4 is 39.8 Å². The Morgan fingerprint density at radius 1 is 1.19 bits per heavy atom. The third kappa shape index (κ3) is 3.89. The zero-order valence-corrected chi connectivity index (χ0v) is 14.2. The minimum atomic E-state index is -1.02. The SMILES string of the molecule is O=C(O)c1ccc2nc(Cl)cc(NCCc3ccc([N+](=O)[O-])cc3)c2c1. The summed E-state index contributed by atoms with van der Waals surface area (Å²) >= 11 is 6.04. The third-order valence-corrected chi connectivity index (χ3v) is 4.09. The fourth-order valence-electron chi connectivity index (χ4n) is 2.60. The van der Waals surface area contributed by atoms with Crippen molar-refractivity contribution in [3.8, 4) is 0 Å². The van der Waals surface area contributed by atoms with Crippen molar-refractivity contribution in [1.82, 2.24) is 4.98 Å². The van der Waals surface area contributed by atoms with E-state index in [0.717, 1.165) is 5.56 Å². The number of nitro groups is 1. The van der Waals surface area contributed by atoms with Crippen molar-refractivity contribution in [3.63, 3.8) is 0 Å². The van der Waals surface area contributed by atoms with Gasteiger partial charge in [0.05, 0.1) is 16.0 Å². The Morgan fingerprint density at radius 3 is 2.58 bits per heavy atom. The van der Waals surface area contributed by atoms with Crippen LogP contribution in [0.15, 0.2) is 48.5 Å². The summed E-state index contributed by atoms with van der Waals surface area (Å²) in [5.41, 5.74) is 2.44. The van der Waals surface area contributed by atoms with Crippen LogP contribution in [0.5, 0.6) is 0 Å². The zero-order valence-electron chi connectivity index (χ0n) is 13.5. The smallest absolute Gasteiger partial charge is 0.335 e. The lowest BCUT2D eigenvalue weighted by Crippen LogP contribution is -2.06. The van der Waals surface area contributed by atoms with Crippen LogP contribution in [0, 0.1) is 10.1 Å². The third-order valence-electron chi connectivity index (χ3n) is 3.90. The molecule has 0 aliphatic heterocycles. The number of anilines is 1. The first-order valence-electron chi connectivity index (χ1n) is 7.75. The number of pyridine rings is 1. The highest BCUT2D eigenvalue weighted by atomic mass is 35.5. The van der Waals surface area contributed by atoms with Gasteiger partial charge in [-0.1, -0.05) is 23.7 Å². The maximum atomic E-state index is 11.2. The number of rotatable bonds is 6. The number of non-ortho nitro benzene ring substituents is 1. The molecule has 3 rings (SSSR count). The minimum absolute atomic E-state index is 0.0508. The van der Waals surface area contributed by atoms with E-state index in [1.165, 1.54) is 18.2 Å². The molecule has 0 fully saturated rings. The Kier molecular flexibility index (Phi) is 4.99. The highest BCUT2D eigenvalue weighted by Gasteiger charge is 2.10. The van der Waals surface area contributed by atoms with E-state index in [0.29, 0.717) is 34.7 Å². The van der Waals surface area contributed by atoms with Crippen LogP contribution in [0.25, 0.3) is 10.9 Å². The molecule has 0 unspecified atom stereocenters. The van der Waals surface area contributed by atoms with Crippen LogP contribution >= 0.6 is 11.6 Å². The second-order valence-corrected chi connectivity index (χ2v) is 6.02. The van der Waals surface area contributed by atoms with Crippen molar-refractivity contribution in [2.24, 2.45) is 0 Å². The molecule has 0 spiro atoms. The molecule has 0 saturated heterocycles. The summed E-state index contributed by atoms with van der Waals surface area (Å²) in [5.74, 6) is -1.02. The molecule has 132 valence electrons. The summed E-state index contributed by atoms with van der Waals surface area (Å²) < 4.78 is 0. The molecule has 1 aromatic heterocycles. The van der Waals surface area contributed by atoms with Gasteiger partial charge in [0, 0.05) is 29.8 Å². The van der Waals surface area contributed by atoms with E-state index in [1.807, 2.05) is 0 Å². The maximum absolute atomic E-state index is 11.2. The van der Waals surface area contributed by atoms with Crippen LogP contribution in [0.4, 0.5) is 11.4 Å². The Hall–Kier alpha value is -3.19. The molecule has 0 amide bonds. The number of nitrogens with one attached hydrogen (secondary N) is 1. The number of fused-ring (bicyclic) bond motifs is 1. The van der Waals surface area contributed by atoms with E-state index < -0.39 is 10.9 Å². The van der Waals surface area contributed by atoms with Crippen LogP contribution < -0.4 is 5.32 Å². The molecule has 7 nitrogen and oxygen atoms in total. The molecular weight excluding hydrogens is 358 g/mol. The Bertz CT molecular complexity index is 990. The standard InChI is InChI=1S/C18H14ClN3O4/c19-17-10-16(14-9-12(18(23)24)3-6-15(14)21-17)20-8-7-11-1-4-13(5-2-11)22(25)26/h1-6,9-10H,7-8H2,(H,20,21)(H,23,24). The van der Waals surface area contributed by atoms with Gasteiger partial charge in [0.1, 0.15) is 5.15 Å². The Balaban J connectivity index is 1.78. The normalized spacial score (nSPS) is 10.7. The summed E-state index contributed by atoms with van der Waals surface area (Å²) in [4.78, 5) is 25.6. The summed E-state index contributed by atoms with van der Waals surface area (Å²) in [6, 6.07) is 12.6. The lowest BCUT2D eigenvalue weighted by molar-refractivity contribution is -0.384. The lowest BCUT2D eigenvalue weighted by atomic mass is 10.1. The molecule has 0 aliphatic carbocycles. The summed E-state index contributed by atoms with van der Waals surface area (Å²) in [5, 5.41) is 24.0. The largest absolute Gasteiger partial charge is 0.478 e. The molecule has 3 aromatic rings. The van der Waals surface area contributed by atoms with E-state index in [9.17, 15) is 14.9 Å². The Labute approximate surface area is 153 Å². The number of nitro benzene ring substituents is 1. The molecule has 2 aromatic carbocycles. The van der Waals surface area contributed by atoms with Gasteiger partial charge in [0.15, 0.2) is 0 Å². The highest BCUT2D eigenvalue weighted by Crippen LogP contribution is 2.26. The summed E-state index contributed by atoms with van der Waals surface area (Å²) in [6.45, 7) is 0.546. The van der Waals surface area contributed by atoms with Crippen LogP contribution in [-0.4, -0.2) is 27.5 Å². The summed E-state index contributed by atoms with van der Waals surface area (Å²) in [6.07, 6.45) is 0.637. The van der Waals surface area contributed by atoms with Crippen molar-refractivity contribution in [2.45, 2.75) is 6.42 Å². The average Bonchev–Trinajstić information content (AvgIpc) is 2.61. The van der Waals surface area contributed by atoms with E-state index in [4.69, 9.17) is 16.7 Å². The van der Waals surface area contributed by atoms with Gasteiger partial charge in [-0.3, -0.25) is 10.1 Å². The van der Waals surface area contributed by atoms with Gasteiger partial charge in [0.2, 0.25) is 0 Å². The molecule has 0 aliphatic rings. The number of carboxylic acids is 1. The van der Waals surface area contributed by atoms with Gasteiger partial charge in [-0.15, -0.1) is 0 Å². The van der Waals surface area contributed by atoms with Gasteiger partial charge in [-0.05, 0) is 36.2 Å². The van der Waals surface area contributed by atoms with Gasteiger partial charge in [-0.25, -0.2) is 9.78 Å². The topological polar surface area (TPSA) is 105 Å². The van der Waals surface area contributed by atoms with Gasteiger partial charge in [-0.2, -0.15) is 0 Å². The molecule has 0 saturated carbocycles. The van der Waals surface area contributed by atoms with Gasteiger partial charge in [0.25, 0.3) is 5.69 Å². The number of aromatic nitrogens is 1. The first kappa shape index (κ1) is 17.6. The molecule has 0 atom stereocenters. The van der Waals surface area contributed by atoms with Crippen molar-refractivity contribution < 1.29 is 14.8 Å². The van der Waals surface area contributed by atoms with Crippen LogP contribution in [-0.2, 0) is 6.42 Å². The molecule has 1 heterocycles. The van der Waals surface area contributed by atoms with E-state index in [2.05, 4.69) is 10.3 Å². The highest BCUT2D eigenvalue weighted by molar-refractivity contribution is 6.30. The number of halogens is 1. The molecule has 26 heavy (non-hydrogen) atoms. The van der Waals surface area contributed by atoms with E-state index in [-0.39, 0.29) is 11.3 Å². The average molecular weight is 372 g/mol.